The second-order valence-corrected chi connectivity index (χ2v) is 5.30. The van der Waals surface area contributed by atoms with Gasteiger partial charge < -0.3 is 8.85 Å². The van der Waals surface area contributed by atoms with Crippen LogP contribution in [0.3, 0.4) is 0 Å². The van der Waals surface area contributed by atoms with Crippen molar-refractivity contribution in [2.75, 3.05) is 14.2 Å². The van der Waals surface area contributed by atoms with Crippen LogP contribution < -0.4 is 0 Å². The van der Waals surface area contributed by atoms with Gasteiger partial charge in [0.2, 0.25) is 0 Å². The van der Waals surface area contributed by atoms with Gasteiger partial charge >= 0.3 is 9.28 Å². The van der Waals surface area contributed by atoms with E-state index in [4.69, 9.17) is 8.85 Å². The molecule has 1 aromatic carbocycles. The molecule has 0 N–H and O–H groups in total. The van der Waals surface area contributed by atoms with E-state index in [9.17, 15) is 0 Å². The first kappa shape index (κ1) is 10.4. The Bertz CT molecular complexity index is 259. The third kappa shape index (κ3) is 3.30. The van der Waals surface area contributed by atoms with Gasteiger partial charge in [0.05, 0.1) is 0 Å². The summed E-state index contributed by atoms with van der Waals surface area (Å²) in [5.41, 5.74) is 2.60. The molecular weight excluding hydrogens is 180 g/mol. The zero-order valence-electron chi connectivity index (χ0n) is 8.41. The molecular formula is C10H16O2Si. The van der Waals surface area contributed by atoms with Gasteiger partial charge in [-0.1, -0.05) is 29.8 Å². The second-order valence-electron chi connectivity index (χ2n) is 3.09. The van der Waals surface area contributed by atoms with E-state index in [1.165, 1.54) is 11.1 Å². The molecule has 0 spiro atoms. The summed E-state index contributed by atoms with van der Waals surface area (Å²) >= 11 is 0. The molecule has 0 aliphatic heterocycles. The predicted octanol–water partition coefficient (Wildman–Crippen LogP) is 1.59. The number of benzene rings is 1. The summed E-state index contributed by atoms with van der Waals surface area (Å²) in [6.07, 6.45) is 0. The van der Waals surface area contributed by atoms with Gasteiger partial charge in [0.15, 0.2) is 0 Å². The molecule has 1 aromatic rings. The third-order valence-corrected chi connectivity index (χ3v) is 3.87. The largest absolute Gasteiger partial charge is 0.400 e. The smallest absolute Gasteiger partial charge is 0.325 e. The first-order valence-electron chi connectivity index (χ1n) is 4.37. The van der Waals surface area contributed by atoms with Gasteiger partial charge in [-0.25, -0.2) is 0 Å². The van der Waals surface area contributed by atoms with Crippen LogP contribution in [0.2, 0.25) is 0 Å². The van der Waals surface area contributed by atoms with Gasteiger partial charge in [-0.15, -0.1) is 0 Å². The van der Waals surface area contributed by atoms with Crippen LogP contribution in [0.5, 0.6) is 0 Å². The lowest BCUT2D eigenvalue weighted by atomic mass is 10.2. The van der Waals surface area contributed by atoms with Crippen molar-refractivity contribution in [1.82, 2.24) is 0 Å². The minimum Gasteiger partial charge on any atom is -0.400 e. The van der Waals surface area contributed by atoms with Crippen molar-refractivity contribution in [2.45, 2.75) is 13.0 Å². The highest BCUT2D eigenvalue weighted by Gasteiger charge is 2.09. The van der Waals surface area contributed by atoms with Crippen molar-refractivity contribution < 1.29 is 8.85 Å². The molecule has 3 heteroatoms. The topological polar surface area (TPSA) is 18.5 Å². The van der Waals surface area contributed by atoms with E-state index >= 15 is 0 Å². The molecule has 72 valence electrons. The Morgan fingerprint density at radius 1 is 1.23 bits per heavy atom. The summed E-state index contributed by atoms with van der Waals surface area (Å²) in [7, 11) is 2.00. The Hall–Kier alpha value is -0.643. The number of aryl methyl sites for hydroxylation is 1. The van der Waals surface area contributed by atoms with Crippen molar-refractivity contribution in [3.05, 3.63) is 35.4 Å². The Labute approximate surface area is 81.3 Å². The molecule has 0 amide bonds. The van der Waals surface area contributed by atoms with Crippen molar-refractivity contribution in [3.8, 4) is 0 Å². The third-order valence-electron chi connectivity index (χ3n) is 2.01. The molecule has 0 heterocycles. The zero-order chi connectivity index (χ0) is 9.68. The monoisotopic (exact) mass is 196 g/mol. The standard InChI is InChI=1S/C10H16O2Si/c1-9-5-4-6-10(7-9)8-13(11-2)12-3/h4-7,13H,8H2,1-3H3. The minimum atomic E-state index is -1.44. The summed E-state index contributed by atoms with van der Waals surface area (Å²) in [5.74, 6) is 0. The fraction of sp³-hybridized carbons (Fsp3) is 0.400. The summed E-state index contributed by atoms with van der Waals surface area (Å²) in [5, 5.41) is 0. The SMILES string of the molecule is CO[SiH](Cc1cccc(C)c1)OC. The maximum Gasteiger partial charge on any atom is 0.325 e. The van der Waals surface area contributed by atoms with Crippen LogP contribution in [0.15, 0.2) is 24.3 Å². The van der Waals surface area contributed by atoms with E-state index in [0.29, 0.717) is 0 Å². The van der Waals surface area contributed by atoms with Crippen molar-refractivity contribution in [2.24, 2.45) is 0 Å². The maximum atomic E-state index is 5.26. The van der Waals surface area contributed by atoms with E-state index in [2.05, 4.69) is 31.2 Å². The molecule has 0 fully saturated rings. The molecule has 1 rings (SSSR count). The van der Waals surface area contributed by atoms with E-state index < -0.39 is 9.28 Å². The maximum absolute atomic E-state index is 5.26. The molecule has 2 nitrogen and oxygen atoms in total. The van der Waals surface area contributed by atoms with E-state index in [1.54, 1.807) is 14.2 Å². The van der Waals surface area contributed by atoms with Gasteiger partial charge in [-0.05, 0) is 12.5 Å². The van der Waals surface area contributed by atoms with Gasteiger partial charge in [0, 0.05) is 20.3 Å². The lowest BCUT2D eigenvalue weighted by molar-refractivity contribution is 0.277. The molecule has 0 saturated carbocycles. The minimum absolute atomic E-state index is 0.939. The number of hydrogen-bond donors (Lipinski definition) is 0. The second kappa shape index (κ2) is 5.17. The quantitative estimate of drug-likeness (QED) is 0.681. The van der Waals surface area contributed by atoms with Crippen molar-refractivity contribution in [1.29, 1.82) is 0 Å². The normalized spacial score (nSPS) is 10.8. The van der Waals surface area contributed by atoms with E-state index in [-0.39, 0.29) is 0 Å². The molecule has 13 heavy (non-hydrogen) atoms. The lowest BCUT2D eigenvalue weighted by Gasteiger charge is -2.10. The highest BCUT2D eigenvalue weighted by molar-refractivity contribution is 6.43. The van der Waals surface area contributed by atoms with Gasteiger partial charge in [-0.3, -0.25) is 0 Å². The summed E-state index contributed by atoms with van der Waals surface area (Å²) < 4.78 is 10.5. The molecule has 0 aromatic heterocycles. The van der Waals surface area contributed by atoms with Gasteiger partial charge in [0.1, 0.15) is 0 Å². The van der Waals surface area contributed by atoms with Crippen LogP contribution in [0.25, 0.3) is 0 Å². The van der Waals surface area contributed by atoms with Crippen LogP contribution in [-0.4, -0.2) is 23.5 Å². The molecule has 0 aliphatic carbocycles. The summed E-state index contributed by atoms with van der Waals surface area (Å²) in [4.78, 5) is 0. The van der Waals surface area contributed by atoms with E-state index in [1.807, 2.05) is 0 Å². The van der Waals surface area contributed by atoms with Crippen LogP contribution in [0.4, 0.5) is 0 Å². The molecule has 0 radical (unpaired) electrons. The molecule has 0 unspecified atom stereocenters. The van der Waals surface area contributed by atoms with Gasteiger partial charge in [-0.2, -0.15) is 0 Å². The Kier molecular flexibility index (Phi) is 4.15. The Balaban J connectivity index is 2.62. The Morgan fingerprint density at radius 3 is 2.46 bits per heavy atom. The first-order valence-corrected chi connectivity index (χ1v) is 6.13. The molecule has 0 bridgehead atoms. The summed E-state index contributed by atoms with van der Waals surface area (Å²) in [6, 6.07) is 9.40. The lowest BCUT2D eigenvalue weighted by Crippen LogP contribution is -2.22. The van der Waals surface area contributed by atoms with Crippen LogP contribution in [0.1, 0.15) is 11.1 Å². The van der Waals surface area contributed by atoms with Crippen LogP contribution >= 0.6 is 0 Å². The predicted molar refractivity (Wildman–Crippen MR) is 56.1 cm³/mol. The summed E-state index contributed by atoms with van der Waals surface area (Å²) in [6.45, 7) is 2.10. The zero-order valence-corrected chi connectivity index (χ0v) is 9.57. The van der Waals surface area contributed by atoms with Crippen LogP contribution in [-0.2, 0) is 14.9 Å². The number of rotatable bonds is 4. The van der Waals surface area contributed by atoms with E-state index in [0.717, 1.165) is 6.04 Å². The van der Waals surface area contributed by atoms with Crippen LogP contribution in [0, 0.1) is 6.92 Å². The highest BCUT2D eigenvalue weighted by Crippen LogP contribution is 2.06. The average Bonchev–Trinajstić information content (AvgIpc) is 2.14. The fourth-order valence-corrected chi connectivity index (χ4v) is 2.46. The molecule has 0 aliphatic rings. The number of hydrogen-bond acceptors (Lipinski definition) is 2. The average molecular weight is 196 g/mol. The highest BCUT2D eigenvalue weighted by atomic mass is 28.3. The first-order chi connectivity index (χ1) is 6.26. The molecule has 0 saturated heterocycles. The fourth-order valence-electron chi connectivity index (χ4n) is 1.29. The van der Waals surface area contributed by atoms with Crippen molar-refractivity contribution in [3.63, 3.8) is 0 Å². The Morgan fingerprint density at radius 2 is 1.92 bits per heavy atom. The van der Waals surface area contributed by atoms with Gasteiger partial charge in [0.25, 0.3) is 0 Å². The van der Waals surface area contributed by atoms with Crippen molar-refractivity contribution >= 4 is 9.28 Å². The molecule has 0 atom stereocenters.